The van der Waals surface area contributed by atoms with Crippen molar-refractivity contribution in [2.75, 3.05) is 25.3 Å². The second-order valence-electron chi connectivity index (χ2n) is 6.97. The van der Waals surface area contributed by atoms with Gasteiger partial charge in [0.2, 0.25) is 5.91 Å². The minimum absolute atomic E-state index is 0.00128. The quantitative estimate of drug-likeness (QED) is 0.299. The van der Waals surface area contributed by atoms with Crippen molar-refractivity contribution in [2.24, 2.45) is 0 Å². The first kappa shape index (κ1) is 26.5. The lowest BCUT2D eigenvalue weighted by Crippen LogP contribution is -2.16. The van der Waals surface area contributed by atoms with Crippen molar-refractivity contribution in [3.8, 4) is 5.75 Å². The standard InChI is InChI=1S/C22H23ClN4O6S2/c1-5-27-15(10-33-14-8-6-13(23)7-9-14)25-26-22(27)34-11-16(28)24-19-17(20(29)31-3)12(2)18(35-19)21(30)32-4/h6-9H,5,10-11H2,1-4H3,(H,24,28). The molecule has 186 valence electrons. The average molecular weight is 539 g/mol. The molecule has 1 N–H and O–H groups in total. The number of anilines is 1. The Bertz CT molecular complexity index is 1230. The van der Waals surface area contributed by atoms with Crippen LogP contribution in [0.1, 0.15) is 38.3 Å². The Morgan fingerprint density at radius 3 is 2.43 bits per heavy atom. The zero-order valence-corrected chi connectivity index (χ0v) is 21.8. The van der Waals surface area contributed by atoms with Crippen molar-refractivity contribution >= 4 is 57.5 Å². The van der Waals surface area contributed by atoms with Crippen LogP contribution < -0.4 is 10.1 Å². The first-order valence-electron chi connectivity index (χ1n) is 10.3. The highest BCUT2D eigenvalue weighted by Crippen LogP contribution is 2.34. The predicted octanol–water partition coefficient (Wildman–Crippen LogP) is 4.20. The van der Waals surface area contributed by atoms with Crippen LogP contribution in [0, 0.1) is 6.92 Å². The van der Waals surface area contributed by atoms with Crippen LogP contribution in [-0.4, -0.2) is 52.6 Å². The van der Waals surface area contributed by atoms with Crippen LogP contribution >= 0.6 is 34.7 Å². The lowest BCUT2D eigenvalue weighted by Gasteiger charge is -2.09. The molecule has 0 fully saturated rings. The number of rotatable bonds is 10. The van der Waals surface area contributed by atoms with Crippen LogP contribution in [0.3, 0.4) is 0 Å². The fraction of sp³-hybridized carbons (Fsp3) is 0.318. The van der Waals surface area contributed by atoms with E-state index in [-0.39, 0.29) is 33.7 Å². The monoisotopic (exact) mass is 538 g/mol. The van der Waals surface area contributed by atoms with Crippen molar-refractivity contribution in [2.45, 2.75) is 32.2 Å². The van der Waals surface area contributed by atoms with Gasteiger partial charge in [0.05, 0.1) is 25.5 Å². The van der Waals surface area contributed by atoms with E-state index < -0.39 is 11.9 Å². The van der Waals surface area contributed by atoms with Crippen LogP contribution in [0.25, 0.3) is 0 Å². The van der Waals surface area contributed by atoms with Crippen molar-refractivity contribution in [3.63, 3.8) is 0 Å². The summed E-state index contributed by atoms with van der Waals surface area (Å²) in [4.78, 5) is 37.1. The fourth-order valence-corrected chi connectivity index (χ4v) is 5.14. The molecule has 0 saturated heterocycles. The van der Waals surface area contributed by atoms with Gasteiger partial charge < -0.3 is 24.1 Å². The summed E-state index contributed by atoms with van der Waals surface area (Å²) in [5, 5.41) is 12.4. The van der Waals surface area contributed by atoms with E-state index >= 15 is 0 Å². The molecule has 0 aliphatic rings. The molecule has 10 nitrogen and oxygen atoms in total. The van der Waals surface area contributed by atoms with Gasteiger partial charge in [0.15, 0.2) is 11.0 Å². The molecule has 13 heteroatoms. The molecule has 3 aromatic rings. The number of benzene rings is 1. The van der Waals surface area contributed by atoms with Crippen molar-refractivity contribution < 1.29 is 28.6 Å². The fourth-order valence-electron chi connectivity index (χ4n) is 3.06. The summed E-state index contributed by atoms with van der Waals surface area (Å²) in [6.45, 7) is 4.30. The van der Waals surface area contributed by atoms with E-state index in [0.717, 1.165) is 11.3 Å². The van der Waals surface area contributed by atoms with Crippen molar-refractivity contribution in [1.29, 1.82) is 0 Å². The van der Waals surface area contributed by atoms with E-state index in [2.05, 4.69) is 15.5 Å². The third kappa shape index (κ3) is 6.32. The molecular weight excluding hydrogens is 516 g/mol. The summed E-state index contributed by atoms with van der Waals surface area (Å²) in [7, 11) is 2.47. The number of hydrogen-bond donors (Lipinski definition) is 1. The maximum Gasteiger partial charge on any atom is 0.348 e. The molecule has 0 saturated carbocycles. The summed E-state index contributed by atoms with van der Waals surface area (Å²) in [6, 6.07) is 6.98. The van der Waals surface area contributed by atoms with E-state index in [1.54, 1.807) is 31.2 Å². The maximum atomic E-state index is 12.7. The maximum absolute atomic E-state index is 12.7. The molecule has 3 rings (SSSR count). The van der Waals surface area contributed by atoms with Gasteiger partial charge in [-0.2, -0.15) is 0 Å². The second kappa shape index (κ2) is 12.0. The van der Waals surface area contributed by atoms with E-state index in [1.807, 2.05) is 11.5 Å². The van der Waals surface area contributed by atoms with E-state index in [9.17, 15) is 14.4 Å². The number of ether oxygens (including phenoxy) is 3. The van der Waals surface area contributed by atoms with Gasteiger partial charge in [-0.3, -0.25) is 4.79 Å². The van der Waals surface area contributed by atoms with Gasteiger partial charge in [-0.25, -0.2) is 9.59 Å². The molecule has 0 bridgehead atoms. The zero-order valence-electron chi connectivity index (χ0n) is 19.4. The molecule has 0 aliphatic carbocycles. The Morgan fingerprint density at radius 1 is 1.11 bits per heavy atom. The molecule has 1 aromatic carbocycles. The minimum Gasteiger partial charge on any atom is -0.486 e. The highest BCUT2D eigenvalue weighted by atomic mass is 35.5. The molecule has 2 heterocycles. The number of carbonyl (C=O) groups excluding carboxylic acids is 3. The molecule has 2 aromatic heterocycles. The Hall–Kier alpha value is -3.09. The number of halogens is 1. The summed E-state index contributed by atoms with van der Waals surface area (Å²) < 4.78 is 17.2. The lowest BCUT2D eigenvalue weighted by atomic mass is 10.1. The molecule has 0 radical (unpaired) electrons. The predicted molar refractivity (Wildman–Crippen MR) is 133 cm³/mol. The first-order valence-corrected chi connectivity index (χ1v) is 12.5. The van der Waals surface area contributed by atoms with Crippen LogP contribution in [-0.2, 0) is 27.4 Å². The summed E-state index contributed by atoms with van der Waals surface area (Å²) in [5.41, 5.74) is 0.502. The van der Waals surface area contributed by atoms with Crippen LogP contribution in [0.4, 0.5) is 5.00 Å². The Morgan fingerprint density at radius 2 is 1.80 bits per heavy atom. The normalized spacial score (nSPS) is 10.7. The Kier molecular flexibility index (Phi) is 9.13. The van der Waals surface area contributed by atoms with Crippen molar-refractivity contribution in [3.05, 3.63) is 51.1 Å². The summed E-state index contributed by atoms with van der Waals surface area (Å²) in [6.07, 6.45) is 0. The molecule has 1 amide bonds. The number of hydrogen-bond acceptors (Lipinski definition) is 10. The largest absolute Gasteiger partial charge is 0.486 e. The molecule has 0 aliphatic heterocycles. The molecule has 0 spiro atoms. The first-order chi connectivity index (χ1) is 16.8. The van der Waals surface area contributed by atoms with Crippen LogP contribution in [0.5, 0.6) is 5.75 Å². The van der Waals surface area contributed by atoms with Gasteiger partial charge in [-0.1, -0.05) is 23.4 Å². The molecule has 35 heavy (non-hydrogen) atoms. The zero-order chi connectivity index (χ0) is 25.5. The smallest absolute Gasteiger partial charge is 0.348 e. The van der Waals surface area contributed by atoms with Crippen molar-refractivity contribution in [1.82, 2.24) is 14.8 Å². The molecular formula is C22H23ClN4O6S2. The SMILES string of the molecule is CCn1c(COc2ccc(Cl)cc2)nnc1SCC(=O)Nc1sc(C(=O)OC)c(C)c1C(=O)OC. The summed E-state index contributed by atoms with van der Waals surface area (Å²) in [5.74, 6) is -0.392. The minimum atomic E-state index is -0.659. The van der Waals surface area contributed by atoms with Gasteiger partial charge in [-0.05, 0) is 43.7 Å². The Labute approximate surface area is 214 Å². The summed E-state index contributed by atoms with van der Waals surface area (Å²) >= 11 is 8.03. The number of esters is 2. The third-order valence-electron chi connectivity index (χ3n) is 4.78. The number of aromatic nitrogens is 3. The number of nitrogens with one attached hydrogen (secondary N) is 1. The van der Waals surface area contributed by atoms with Crippen LogP contribution in [0.2, 0.25) is 5.02 Å². The average Bonchev–Trinajstić information content (AvgIpc) is 3.41. The number of amides is 1. The topological polar surface area (TPSA) is 122 Å². The lowest BCUT2D eigenvalue weighted by molar-refractivity contribution is -0.113. The van der Waals surface area contributed by atoms with E-state index in [0.29, 0.717) is 33.9 Å². The van der Waals surface area contributed by atoms with Gasteiger partial charge in [-0.15, -0.1) is 21.5 Å². The number of thioether (sulfide) groups is 1. The Balaban J connectivity index is 1.67. The molecule has 0 atom stereocenters. The molecule has 0 unspecified atom stereocenters. The highest BCUT2D eigenvalue weighted by molar-refractivity contribution is 7.99. The van der Waals surface area contributed by atoms with Gasteiger partial charge in [0, 0.05) is 11.6 Å². The number of thiophene rings is 1. The third-order valence-corrected chi connectivity index (χ3v) is 7.19. The number of methoxy groups -OCH3 is 2. The van der Waals surface area contributed by atoms with Gasteiger partial charge in [0.1, 0.15) is 22.2 Å². The van der Waals surface area contributed by atoms with Crippen LogP contribution in [0.15, 0.2) is 29.4 Å². The van der Waals surface area contributed by atoms with Gasteiger partial charge in [0.25, 0.3) is 0 Å². The number of carbonyl (C=O) groups is 3. The number of nitrogens with zero attached hydrogens (tertiary/aromatic N) is 3. The highest BCUT2D eigenvalue weighted by Gasteiger charge is 2.27. The van der Waals surface area contributed by atoms with E-state index in [4.69, 9.17) is 25.8 Å². The van der Waals surface area contributed by atoms with E-state index in [1.165, 1.54) is 26.0 Å². The second-order valence-corrected chi connectivity index (χ2v) is 9.37. The van der Waals surface area contributed by atoms with Gasteiger partial charge >= 0.3 is 11.9 Å².